The number of aromatic nitrogens is 1. The van der Waals surface area contributed by atoms with Gasteiger partial charge in [0.2, 0.25) is 5.56 Å². The van der Waals surface area contributed by atoms with Crippen molar-refractivity contribution in [2.24, 2.45) is 5.73 Å². The number of hydrogen-bond donors (Lipinski definition) is 2. The summed E-state index contributed by atoms with van der Waals surface area (Å²) in [6, 6.07) is 6.84. The minimum atomic E-state index is -0.155. The van der Waals surface area contributed by atoms with Gasteiger partial charge in [-0.3, -0.25) is 4.79 Å². The summed E-state index contributed by atoms with van der Waals surface area (Å²) < 4.78 is 10.8. The number of H-pyrrole nitrogens is 1. The average Bonchev–Trinajstić information content (AvgIpc) is 2.38. The maximum atomic E-state index is 11.3. The van der Waals surface area contributed by atoms with Crippen molar-refractivity contribution in [2.75, 3.05) is 20.3 Å². The van der Waals surface area contributed by atoms with Gasteiger partial charge in [0.15, 0.2) is 0 Å². The van der Waals surface area contributed by atoms with E-state index in [4.69, 9.17) is 15.2 Å². The Hall–Kier alpha value is -1.72. The SMILES string of the molecule is COc1cc(OCCCN)cc2ccc(=O)[nH]c12.Cl. The molecule has 5 nitrogen and oxygen atoms in total. The molecule has 0 atom stereocenters. The van der Waals surface area contributed by atoms with Gasteiger partial charge in [0.1, 0.15) is 11.5 Å². The van der Waals surface area contributed by atoms with Gasteiger partial charge in [0.05, 0.1) is 19.2 Å². The van der Waals surface area contributed by atoms with Crippen molar-refractivity contribution in [1.82, 2.24) is 4.98 Å². The van der Waals surface area contributed by atoms with E-state index in [0.29, 0.717) is 30.2 Å². The Labute approximate surface area is 117 Å². The number of nitrogens with one attached hydrogen (secondary N) is 1. The zero-order chi connectivity index (χ0) is 13.0. The van der Waals surface area contributed by atoms with Crippen LogP contribution in [0, 0.1) is 0 Å². The number of nitrogens with two attached hydrogens (primary N) is 1. The molecular weight excluding hydrogens is 268 g/mol. The van der Waals surface area contributed by atoms with E-state index < -0.39 is 0 Å². The fourth-order valence-electron chi connectivity index (χ4n) is 1.72. The highest BCUT2D eigenvalue weighted by Crippen LogP contribution is 2.28. The number of benzene rings is 1. The predicted octanol–water partition coefficient (Wildman–Crippen LogP) is 1.69. The number of fused-ring (bicyclic) bond motifs is 1. The van der Waals surface area contributed by atoms with Crippen molar-refractivity contribution in [2.45, 2.75) is 6.42 Å². The number of halogens is 1. The largest absolute Gasteiger partial charge is 0.494 e. The molecule has 0 aliphatic rings. The first-order chi connectivity index (χ1) is 8.74. The zero-order valence-electron chi connectivity index (χ0n) is 10.6. The fourth-order valence-corrected chi connectivity index (χ4v) is 1.72. The Morgan fingerprint density at radius 1 is 1.32 bits per heavy atom. The van der Waals surface area contributed by atoms with Crippen LogP contribution in [0.15, 0.2) is 29.1 Å². The second kappa shape index (κ2) is 7.01. The van der Waals surface area contributed by atoms with Gasteiger partial charge in [-0.05, 0) is 25.1 Å². The van der Waals surface area contributed by atoms with Gasteiger partial charge in [0, 0.05) is 17.5 Å². The van der Waals surface area contributed by atoms with Crippen LogP contribution in [-0.4, -0.2) is 25.2 Å². The van der Waals surface area contributed by atoms with E-state index in [1.807, 2.05) is 6.07 Å². The molecule has 0 fully saturated rings. The summed E-state index contributed by atoms with van der Waals surface area (Å²) in [4.78, 5) is 14.0. The molecule has 2 rings (SSSR count). The molecule has 0 radical (unpaired) electrons. The summed E-state index contributed by atoms with van der Waals surface area (Å²) in [7, 11) is 1.56. The average molecular weight is 285 g/mol. The van der Waals surface area contributed by atoms with Crippen LogP contribution >= 0.6 is 12.4 Å². The summed E-state index contributed by atoms with van der Waals surface area (Å²) >= 11 is 0. The van der Waals surface area contributed by atoms with Gasteiger partial charge in [-0.25, -0.2) is 0 Å². The van der Waals surface area contributed by atoms with Crippen LogP contribution in [0.1, 0.15) is 6.42 Å². The number of ether oxygens (including phenoxy) is 2. The Kier molecular flexibility index (Phi) is 5.66. The zero-order valence-corrected chi connectivity index (χ0v) is 11.5. The second-order valence-corrected chi connectivity index (χ2v) is 3.90. The third kappa shape index (κ3) is 3.62. The normalized spacial score (nSPS) is 10.0. The Balaban J connectivity index is 0.00000180. The molecule has 0 amide bonds. The highest BCUT2D eigenvalue weighted by atomic mass is 35.5. The third-order valence-corrected chi connectivity index (χ3v) is 2.61. The molecule has 1 aromatic carbocycles. The first-order valence-corrected chi connectivity index (χ1v) is 5.78. The van der Waals surface area contributed by atoms with Gasteiger partial charge < -0.3 is 20.2 Å². The molecule has 0 aliphatic carbocycles. The summed E-state index contributed by atoms with van der Waals surface area (Å²) in [5.41, 5.74) is 5.93. The summed E-state index contributed by atoms with van der Waals surface area (Å²) in [5.74, 6) is 1.30. The third-order valence-electron chi connectivity index (χ3n) is 2.61. The van der Waals surface area contributed by atoms with Crippen molar-refractivity contribution in [3.05, 3.63) is 34.6 Å². The van der Waals surface area contributed by atoms with Gasteiger partial charge in [0.25, 0.3) is 0 Å². The molecule has 3 N–H and O–H groups in total. The number of aromatic amines is 1. The molecule has 0 aliphatic heterocycles. The van der Waals surface area contributed by atoms with Gasteiger partial charge >= 0.3 is 0 Å². The lowest BCUT2D eigenvalue weighted by molar-refractivity contribution is 0.311. The molecule has 1 aromatic heterocycles. The maximum absolute atomic E-state index is 11.3. The molecule has 0 spiro atoms. The van der Waals surface area contributed by atoms with E-state index in [1.54, 1.807) is 19.2 Å². The second-order valence-electron chi connectivity index (χ2n) is 3.90. The smallest absolute Gasteiger partial charge is 0.248 e. The first-order valence-electron chi connectivity index (χ1n) is 5.78. The van der Waals surface area contributed by atoms with E-state index in [2.05, 4.69) is 4.98 Å². The number of hydrogen-bond acceptors (Lipinski definition) is 4. The highest BCUT2D eigenvalue weighted by molar-refractivity contribution is 5.86. The van der Waals surface area contributed by atoms with Crippen LogP contribution in [0.3, 0.4) is 0 Å². The monoisotopic (exact) mass is 284 g/mol. The summed E-state index contributed by atoms with van der Waals surface area (Å²) in [6.07, 6.45) is 0.798. The molecule has 0 saturated heterocycles. The van der Waals surface area contributed by atoms with Gasteiger partial charge in [-0.15, -0.1) is 12.4 Å². The van der Waals surface area contributed by atoms with Crippen molar-refractivity contribution in [3.8, 4) is 11.5 Å². The van der Waals surface area contributed by atoms with E-state index >= 15 is 0 Å². The minimum Gasteiger partial charge on any atom is -0.494 e. The molecule has 0 bridgehead atoms. The van der Waals surface area contributed by atoms with Crippen molar-refractivity contribution >= 4 is 23.3 Å². The lowest BCUT2D eigenvalue weighted by atomic mass is 10.2. The summed E-state index contributed by atoms with van der Waals surface area (Å²) in [5, 5.41) is 0.872. The van der Waals surface area contributed by atoms with E-state index in [-0.39, 0.29) is 18.0 Å². The Bertz CT molecular complexity index is 598. The topological polar surface area (TPSA) is 77.3 Å². The number of rotatable bonds is 5. The molecule has 19 heavy (non-hydrogen) atoms. The minimum absolute atomic E-state index is 0. The lowest BCUT2D eigenvalue weighted by Crippen LogP contribution is -2.07. The van der Waals surface area contributed by atoms with E-state index in [9.17, 15) is 4.79 Å². The van der Waals surface area contributed by atoms with Crippen LogP contribution < -0.4 is 20.8 Å². The molecule has 6 heteroatoms. The lowest BCUT2D eigenvalue weighted by Gasteiger charge is -2.10. The predicted molar refractivity (Wildman–Crippen MR) is 77.5 cm³/mol. The van der Waals surface area contributed by atoms with Crippen LogP contribution in [0.5, 0.6) is 11.5 Å². The Morgan fingerprint density at radius 3 is 2.79 bits per heavy atom. The van der Waals surface area contributed by atoms with Gasteiger partial charge in [-0.2, -0.15) is 0 Å². The number of methoxy groups -OCH3 is 1. The van der Waals surface area contributed by atoms with Crippen LogP contribution in [0.2, 0.25) is 0 Å². The van der Waals surface area contributed by atoms with Crippen LogP contribution in [0.25, 0.3) is 10.9 Å². The standard InChI is InChI=1S/C13H16N2O3.ClH/c1-17-11-8-10(18-6-2-5-14)7-9-3-4-12(16)15-13(9)11;/h3-4,7-8H,2,5-6,14H2,1H3,(H,15,16);1H. The molecule has 0 unspecified atom stereocenters. The quantitative estimate of drug-likeness (QED) is 0.819. The fraction of sp³-hybridized carbons (Fsp3) is 0.308. The molecule has 2 aromatic rings. The van der Waals surface area contributed by atoms with Crippen molar-refractivity contribution < 1.29 is 9.47 Å². The van der Waals surface area contributed by atoms with Crippen LogP contribution in [-0.2, 0) is 0 Å². The first kappa shape index (κ1) is 15.3. The summed E-state index contributed by atoms with van der Waals surface area (Å²) in [6.45, 7) is 1.16. The number of pyridine rings is 1. The highest BCUT2D eigenvalue weighted by Gasteiger charge is 2.06. The molecule has 0 saturated carbocycles. The molecular formula is C13H17ClN2O3. The van der Waals surface area contributed by atoms with Crippen molar-refractivity contribution in [3.63, 3.8) is 0 Å². The van der Waals surface area contributed by atoms with Crippen LogP contribution in [0.4, 0.5) is 0 Å². The van der Waals surface area contributed by atoms with Crippen molar-refractivity contribution in [1.29, 1.82) is 0 Å². The maximum Gasteiger partial charge on any atom is 0.248 e. The molecule has 104 valence electrons. The van der Waals surface area contributed by atoms with E-state index in [1.165, 1.54) is 6.07 Å². The van der Waals surface area contributed by atoms with E-state index in [0.717, 1.165) is 11.8 Å². The van der Waals surface area contributed by atoms with Gasteiger partial charge in [-0.1, -0.05) is 0 Å². The Morgan fingerprint density at radius 2 is 2.11 bits per heavy atom. The molecule has 1 heterocycles.